The highest BCUT2D eigenvalue weighted by Crippen LogP contribution is 2.52. The molecule has 1 saturated carbocycles. The maximum Gasteiger partial charge on any atom is 0.257 e. The van der Waals surface area contributed by atoms with Crippen molar-refractivity contribution in [2.24, 2.45) is 5.41 Å². The molecule has 9 heteroatoms. The zero-order chi connectivity index (χ0) is 30.2. The molecular weight excluding hydrogens is 518 g/mol. The fourth-order valence-corrected chi connectivity index (χ4v) is 4.65. The minimum absolute atomic E-state index is 0.0557. The molecule has 3 aromatic rings. The highest BCUT2D eigenvalue weighted by atomic mass is 35.5. The van der Waals surface area contributed by atoms with Crippen LogP contribution in [0.3, 0.4) is 0 Å². The quantitative estimate of drug-likeness (QED) is 0.393. The Hall–Kier alpha value is -2.55. The maximum absolute atomic E-state index is 16.3. The van der Waals surface area contributed by atoms with Gasteiger partial charge in [0.1, 0.15) is 5.82 Å². The maximum atomic E-state index is 16.3. The predicted molar refractivity (Wildman–Crippen MR) is 138 cm³/mol. The van der Waals surface area contributed by atoms with Gasteiger partial charge in [0.2, 0.25) is 0 Å². The van der Waals surface area contributed by atoms with Crippen LogP contribution in [0.2, 0.25) is 10.0 Å². The normalized spacial score (nSPS) is 22.7. The number of rotatable bonds is 8. The number of carbonyl (C=O) groups excluding carboxylic acids is 1. The Morgan fingerprint density at radius 1 is 1.16 bits per heavy atom. The van der Waals surface area contributed by atoms with Crippen LogP contribution < -0.4 is 0 Å². The van der Waals surface area contributed by atoms with Gasteiger partial charge in [-0.05, 0) is 68.7 Å². The standard InChI is InChI=1S/C28H27Cl2FN2O4/c1-26(2,36)18-11-22-24(23(31)12-18)28(17-3-5-19(29)6-4-17,37-16-27(15-34)9-10-27)33(25(22)35)14-21-8-7-20(30)13-32-21/h3-8,11-13,34,36H,9-10,14-16H2,1-2H3/t28-/m1/s1/i15D2,16D2. The summed E-state index contributed by atoms with van der Waals surface area (Å²) in [5.74, 6) is -1.70. The van der Waals surface area contributed by atoms with Crippen molar-refractivity contribution in [1.82, 2.24) is 9.88 Å². The number of fused-ring (bicyclic) bond motifs is 1. The highest BCUT2D eigenvalue weighted by Gasteiger charge is 2.56. The summed E-state index contributed by atoms with van der Waals surface area (Å²) in [4.78, 5) is 19.5. The van der Waals surface area contributed by atoms with Crippen molar-refractivity contribution in [3.63, 3.8) is 0 Å². The molecule has 2 aliphatic rings. The summed E-state index contributed by atoms with van der Waals surface area (Å²) in [6.45, 7) is -3.33. The second-order valence-corrected chi connectivity index (χ2v) is 10.7. The fourth-order valence-electron chi connectivity index (χ4n) is 4.42. The largest absolute Gasteiger partial charge is 0.396 e. The van der Waals surface area contributed by atoms with Crippen LogP contribution >= 0.6 is 23.2 Å². The average Bonchev–Trinajstić information content (AvgIpc) is 3.66. The number of amides is 1. The van der Waals surface area contributed by atoms with Crippen molar-refractivity contribution in [3.8, 4) is 0 Å². The Bertz CT molecular complexity index is 1510. The van der Waals surface area contributed by atoms with Crippen molar-refractivity contribution in [2.45, 2.75) is 44.6 Å². The molecule has 1 atom stereocenters. The average molecular weight is 549 g/mol. The third kappa shape index (κ3) is 4.64. The van der Waals surface area contributed by atoms with Gasteiger partial charge in [-0.2, -0.15) is 0 Å². The topological polar surface area (TPSA) is 82.9 Å². The van der Waals surface area contributed by atoms with Crippen LogP contribution in [0, 0.1) is 11.2 Å². The number of hydrogen-bond acceptors (Lipinski definition) is 5. The summed E-state index contributed by atoms with van der Waals surface area (Å²) in [7, 11) is 0. The first-order valence-electron chi connectivity index (χ1n) is 13.6. The summed E-state index contributed by atoms with van der Waals surface area (Å²) in [6.07, 6.45) is 1.25. The second kappa shape index (κ2) is 9.33. The molecule has 0 unspecified atom stereocenters. The summed E-state index contributed by atoms with van der Waals surface area (Å²) in [5.41, 5.74) is -5.78. The van der Waals surface area contributed by atoms with Crippen LogP contribution in [-0.2, 0) is 22.6 Å². The molecule has 0 radical (unpaired) electrons. The van der Waals surface area contributed by atoms with Gasteiger partial charge in [0.15, 0.2) is 5.72 Å². The number of aromatic nitrogens is 1. The van der Waals surface area contributed by atoms with Gasteiger partial charge < -0.3 is 14.9 Å². The SMILES string of the molecule is [2H]C([2H])(O)C1(C([2H])([2H])O[C@]2(c3ccc(Cl)cc3)c3c(F)cc(C(C)(C)O)cc3C(=O)N2Cc2ccc(Cl)cn2)CC1. The number of aliphatic hydroxyl groups is 2. The molecule has 37 heavy (non-hydrogen) atoms. The molecule has 0 spiro atoms. The smallest absolute Gasteiger partial charge is 0.257 e. The van der Waals surface area contributed by atoms with Crippen LogP contribution in [0.1, 0.15) is 64.9 Å². The van der Waals surface area contributed by atoms with E-state index in [1.54, 1.807) is 12.1 Å². The van der Waals surface area contributed by atoms with E-state index in [-0.39, 0.29) is 41.6 Å². The molecule has 1 fully saturated rings. The van der Waals surface area contributed by atoms with Crippen LogP contribution in [0.15, 0.2) is 54.7 Å². The van der Waals surface area contributed by atoms with Crippen molar-refractivity contribution in [2.75, 3.05) is 13.1 Å². The van der Waals surface area contributed by atoms with Crippen molar-refractivity contribution in [3.05, 3.63) is 98.5 Å². The van der Waals surface area contributed by atoms with Gasteiger partial charge in [0.05, 0.1) is 52.6 Å². The molecule has 2 heterocycles. The summed E-state index contributed by atoms with van der Waals surface area (Å²) in [5, 5.41) is 21.6. The summed E-state index contributed by atoms with van der Waals surface area (Å²) in [6, 6.07) is 11.3. The lowest BCUT2D eigenvalue weighted by molar-refractivity contribution is -0.130. The first-order valence-corrected chi connectivity index (χ1v) is 12.4. The van der Waals surface area contributed by atoms with Crippen LogP contribution in [0.5, 0.6) is 0 Å². The molecular formula is C28H27Cl2FN2O4. The van der Waals surface area contributed by atoms with Crippen LogP contribution in [0.25, 0.3) is 0 Å². The molecule has 1 aliphatic heterocycles. The molecule has 2 N–H and O–H groups in total. The number of pyridine rings is 1. The minimum Gasteiger partial charge on any atom is -0.396 e. The van der Waals surface area contributed by atoms with E-state index in [1.807, 2.05) is 0 Å². The second-order valence-electron chi connectivity index (χ2n) is 9.85. The molecule has 1 aliphatic carbocycles. The van der Waals surface area contributed by atoms with E-state index < -0.39 is 41.6 Å². The van der Waals surface area contributed by atoms with E-state index in [4.69, 9.17) is 33.4 Å². The lowest BCUT2D eigenvalue weighted by Crippen LogP contribution is -2.48. The minimum atomic E-state index is -2.99. The fraction of sp³-hybridized carbons (Fsp3) is 0.357. The zero-order valence-electron chi connectivity index (χ0n) is 24.1. The van der Waals surface area contributed by atoms with Gasteiger partial charge in [-0.25, -0.2) is 4.39 Å². The first kappa shape index (κ1) is 21.4. The third-order valence-corrected chi connectivity index (χ3v) is 7.17. The van der Waals surface area contributed by atoms with E-state index in [2.05, 4.69) is 4.98 Å². The van der Waals surface area contributed by atoms with Crippen molar-refractivity contribution >= 4 is 29.1 Å². The van der Waals surface area contributed by atoms with E-state index >= 15 is 4.39 Å². The highest BCUT2D eigenvalue weighted by molar-refractivity contribution is 6.30. The van der Waals surface area contributed by atoms with Gasteiger partial charge in [0.25, 0.3) is 5.91 Å². The number of halogens is 3. The van der Waals surface area contributed by atoms with Gasteiger partial charge in [-0.15, -0.1) is 0 Å². The van der Waals surface area contributed by atoms with Crippen LogP contribution in [-0.4, -0.2) is 39.1 Å². The Balaban J connectivity index is 1.81. The van der Waals surface area contributed by atoms with Gasteiger partial charge >= 0.3 is 0 Å². The van der Waals surface area contributed by atoms with Gasteiger partial charge in [-0.1, -0.05) is 35.3 Å². The lowest BCUT2D eigenvalue weighted by atomic mass is 9.88. The van der Waals surface area contributed by atoms with Gasteiger partial charge in [0, 0.05) is 22.2 Å². The number of hydrogen-bond donors (Lipinski definition) is 2. The molecule has 2 aromatic carbocycles. The van der Waals surface area contributed by atoms with Gasteiger partial charge in [-0.3, -0.25) is 14.7 Å². The Morgan fingerprint density at radius 3 is 2.41 bits per heavy atom. The third-order valence-electron chi connectivity index (χ3n) is 6.69. The van der Waals surface area contributed by atoms with Crippen molar-refractivity contribution < 1.29 is 29.6 Å². The molecule has 1 aromatic heterocycles. The van der Waals surface area contributed by atoms with E-state index in [1.165, 1.54) is 50.4 Å². The predicted octanol–water partition coefficient (Wildman–Crippen LogP) is 5.40. The molecule has 6 nitrogen and oxygen atoms in total. The van der Waals surface area contributed by atoms with E-state index in [0.717, 1.165) is 11.0 Å². The Kier molecular flexibility index (Phi) is 5.39. The van der Waals surface area contributed by atoms with E-state index in [9.17, 15) is 15.0 Å². The molecule has 194 valence electrons. The van der Waals surface area contributed by atoms with Crippen molar-refractivity contribution in [1.29, 1.82) is 0 Å². The Labute approximate surface area is 230 Å². The number of carbonyl (C=O) groups is 1. The summed E-state index contributed by atoms with van der Waals surface area (Å²) >= 11 is 12.2. The van der Waals surface area contributed by atoms with Crippen LogP contribution in [0.4, 0.5) is 4.39 Å². The molecule has 1 amide bonds. The molecule has 5 rings (SSSR count). The molecule has 0 saturated heterocycles. The number of benzene rings is 2. The molecule has 0 bridgehead atoms. The monoisotopic (exact) mass is 548 g/mol. The first-order chi connectivity index (χ1) is 18.9. The lowest BCUT2D eigenvalue weighted by Gasteiger charge is -2.40. The summed E-state index contributed by atoms with van der Waals surface area (Å²) < 4.78 is 56.4. The zero-order valence-corrected chi connectivity index (χ0v) is 21.6. The van der Waals surface area contributed by atoms with E-state index in [0.29, 0.717) is 15.7 Å². The Morgan fingerprint density at radius 2 is 1.84 bits per heavy atom. The number of ether oxygens (including phenoxy) is 1. The number of nitrogens with zero attached hydrogens (tertiary/aromatic N) is 2.